The number of methoxy groups -OCH3 is 1. The van der Waals surface area contributed by atoms with Gasteiger partial charge in [0.25, 0.3) is 5.91 Å². The van der Waals surface area contributed by atoms with Crippen LogP contribution in [0.25, 0.3) is 0 Å². The van der Waals surface area contributed by atoms with Crippen molar-refractivity contribution in [1.82, 2.24) is 9.47 Å². The molecule has 0 saturated carbocycles. The van der Waals surface area contributed by atoms with E-state index in [9.17, 15) is 4.79 Å². The number of nitrogens with zero attached hydrogens (tertiary/aromatic N) is 2. The monoisotopic (exact) mass is 286 g/mol. The van der Waals surface area contributed by atoms with E-state index >= 15 is 0 Å². The van der Waals surface area contributed by atoms with Crippen LogP contribution in [0.4, 0.5) is 0 Å². The third-order valence-electron chi connectivity index (χ3n) is 3.98. The zero-order valence-electron chi connectivity index (χ0n) is 12.2. The van der Waals surface area contributed by atoms with Gasteiger partial charge in [-0.1, -0.05) is 12.1 Å². The van der Waals surface area contributed by atoms with Crippen molar-refractivity contribution in [3.63, 3.8) is 0 Å². The summed E-state index contributed by atoms with van der Waals surface area (Å²) >= 11 is 0. The molecule has 0 unspecified atom stereocenters. The van der Waals surface area contributed by atoms with Crippen molar-refractivity contribution >= 4 is 5.91 Å². The normalized spacial score (nSPS) is 17.4. The first kappa shape index (κ1) is 13.7. The number of carbonyl (C=O) groups is 1. The van der Waals surface area contributed by atoms with Gasteiger partial charge in [0.1, 0.15) is 5.75 Å². The molecule has 0 saturated heterocycles. The zero-order valence-corrected chi connectivity index (χ0v) is 12.2. The molecule has 110 valence electrons. The molecule has 3 rings (SSSR count). The molecule has 1 amide bonds. The molecule has 0 bridgehead atoms. The Morgan fingerprint density at radius 1 is 1.33 bits per heavy atom. The van der Waals surface area contributed by atoms with E-state index in [2.05, 4.69) is 22.6 Å². The van der Waals surface area contributed by atoms with Gasteiger partial charge in [-0.25, -0.2) is 0 Å². The summed E-state index contributed by atoms with van der Waals surface area (Å²) in [5, 5.41) is 0. The Hall–Kier alpha value is -2.27. The van der Waals surface area contributed by atoms with Crippen LogP contribution in [0.1, 0.15) is 17.3 Å². The number of ether oxygens (including phenoxy) is 1. The summed E-state index contributed by atoms with van der Waals surface area (Å²) in [5.74, 6) is 0.883. The topological polar surface area (TPSA) is 62.1 Å². The molecule has 0 spiro atoms. The Balaban J connectivity index is 2.07. The van der Waals surface area contributed by atoms with Gasteiger partial charge < -0.3 is 19.9 Å². The summed E-state index contributed by atoms with van der Waals surface area (Å²) < 4.78 is 7.52. The fourth-order valence-corrected chi connectivity index (χ4v) is 2.96. The van der Waals surface area contributed by atoms with Crippen LogP contribution in [-0.4, -0.2) is 35.6 Å². The molecule has 0 radical (unpaired) electrons. The van der Waals surface area contributed by atoms with Crippen LogP contribution in [0.15, 0.2) is 42.6 Å². The largest absolute Gasteiger partial charge is 0.497 e. The van der Waals surface area contributed by atoms with Gasteiger partial charge in [0.15, 0.2) is 6.54 Å². The molecular weight excluding hydrogens is 266 g/mol. The maximum absolute atomic E-state index is 12.3. The number of hydrogen-bond donors (Lipinski definition) is 1. The molecule has 1 aliphatic rings. The predicted molar refractivity (Wildman–Crippen MR) is 78.7 cm³/mol. The second-order valence-corrected chi connectivity index (χ2v) is 5.14. The van der Waals surface area contributed by atoms with Crippen molar-refractivity contribution < 1.29 is 15.3 Å². The SMILES string of the molecule is COc1cccc([C@H]2c3cccn3CCN2C(=O)C[NH3+])c1. The van der Waals surface area contributed by atoms with E-state index in [1.807, 2.05) is 35.2 Å². The van der Waals surface area contributed by atoms with Gasteiger partial charge in [-0.15, -0.1) is 0 Å². The first-order chi connectivity index (χ1) is 10.2. The summed E-state index contributed by atoms with van der Waals surface area (Å²) in [4.78, 5) is 14.2. The van der Waals surface area contributed by atoms with E-state index in [-0.39, 0.29) is 18.5 Å². The van der Waals surface area contributed by atoms with Gasteiger partial charge in [-0.05, 0) is 29.8 Å². The van der Waals surface area contributed by atoms with Gasteiger partial charge in [-0.2, -0.15) is 0 Å². The van der Waals surface area contributed by atoms with Crippen LogP contribution >= 0.6 is 0 Å². The highest BCUT2D eigenvalue weighted by Crippen LogP contribution is 2.33. The molecule has 5 heteroatoms. The van der Waals surface area contributed by atoms with Crippen LogP contribution in [0.2, 0.25) is 0 Å². The average molecular weight is 286 g/mol. The van der Waals surface area contributed by atoms with E-state index in [1.54, 1.807) is 7.11 Å². The van der Waals surface area contributed by atoms with Crippen LogP contribution in [0.5, 0.6) is 5.75 Å². The lowest BCUT2D eigenvalue weighted by molar-refractivity contribution is -0.357. The molecule has 21 heavy (non-hydrogen) atoms. The molecule has 5 nitrogen and oxygen atoms in total. The third kappa shape index (κ3) is 2.40. The van der Waals surface area contributed by atoms with Gasteiger partial charge in [0, 0.05) is 25.0 Å². The Labute approximate surface area is 123 Å². The molecule has 3 N–H and O–H groups in total. The minimum Gasteiger partial charge on any atom is -0.497 e. The number of amides is 1. The smallest absolute Gasteiger partial charge is 0.278 e. The number of quaternary nitrogens is 1. The summed E-state index contributed by atoms with van der Waals surface area (Å²) in [6, 6.07) is 11.9. The Morgan fingerprint density at radius 3 is 2.95 bits per heavy atom. The van der Waals surface area contributed by atoms with Crippen molar-refractivity contribution in [1.29, 1.82) is 0 Å². The second kappa shape index (κ2) is 5.61. The van der Waals surface area contributed by atoms with Crippen molar-refractivity contribution in [3.8, 4) is 5.75 Å². The fraction of sp³-hybridized carbons (Fsp3) is 0.312. The van der Waals surface area contributed by atoms with Crippen molar-refractivity contribution in [2.45, 2.75) is 12.6 Å². The molecular formula is C16H20N3O2+. The molecule has 0 aliphatic carbocycles. The number of aromatic nitrogens is 1. The highest BCUT2D eigenvalue weighted by Gasteiger charge is 2.32. The van der Waals surface area contributed by atoms with E-state index in [1.165, 1.54) is 0 Å². The van der Waals surface area contributed by atoms with Crippen molar-refractivity contribution in [2.24, 2.45) is 0 Å². The van der Waals surface area contributed by atoms with Gasteiger partial charge in [0.2, 0.25) is 0 Å². The van der Waals surface area contributed by atoms with E-state index in [4.69, 9.17) is 4.74 Å². The summed E-state index contributed by atoms with van der Waals surface area (Å²) in [7, 11) is 1.65. The second-order valence-electron chi connectivity index (χ2n) is 5.14. The van der Waals surface area contributed by atoms with E-state index in [0.717, 1.165) is 23.6 Å². The lowest BCUT2D eigenvalue weighted by Crippen LogP contribution is -2.59. The lowest BCUT2D eigenvalue weighted by Gasteiger charge is -2.36. The maximum atomic E-state index is 12.3. The van der Waals surface area contributed by atoms with Crippen molar-refractivity contribution in [3.05, 3.63) is 53.9 Å². The number of fused-ring (bicyclic) bond motifs is 1. The van der Waals surface area contributed by atoms with Gasteiger partial charge >= 0.3 is 0 Å². The highest BCUT2D eigenvalue weighted by molar-refractivity contribution is 5.78. The first-order valence-corrected chi connectivity index (χ1v) is 7.12. The van der Waals surface area contributed by atoms with E-state index in [0.29, 0.717) is 6.54 Å². The molecule has 0 fully saturated rings. The third-order valence-corrected chi connectivity index (χ3v) is 3.98. The van der Waals surface area contributed by atoms with Crippen LogP contribution in [0, 0.1) is 0 Å². The average Bonchev–Trinajstić information content (AvgIpc) is 3.01. The molecule has 2 heterocycles. The minimum atomic E-state index is -0.0712. The quantitative estimate of drug-likeness (QED) is 0.901. The maximum Gasteiger partial charge on any atom is 0.278 e. The Morgan fingerprint density at radius 2 is 2.19 bits per heavy atom. The highest BCUT2D eigenvalue weighted by atomic mass is 16.5. The summed E-state index contributed by atoms with van der Waals surface area (Å²) in [6.45, 7) is 1.81. The molecule has 2 aromatic rings. The van der Waals surface area contributed by atoms with Gasteiger partial charge in [-0.3, -0.25) is 4.79 Å². The predicted octanol–water partition coefficient (Wildman–Crippen LogP) is 0.670. The zero-order chi connectivity index (χ0) is 14.8. The number of carbonyl (C=O) groups excluding carboxylic acids is 1. The number of hydrogen-bond acceptors (Lipinski definition) is 2. The molecule has 1 aliphatic heterocycles. The Kier molecular flexibility index (Phi) is 3.66. The van der Waals surface area contributed by atoms with Crippen LogP contribution in [-0.2, 0) is 11.3 Å². The Bertz CT molecular complexity index is 650. The molecule has 1 atom stereocenters. The van der Waals surface area contributed by atoms with Crippen LogP contribution in [0.3, 0.4) is 0 Å². The molecule has 1 aromatic carbocycles. The lowest BCUT2D eigenvalue weighted by atomic mass is 9.99. The summed E-state index contributed by atoms with van der Waals surface area (Å²) in [5.41, 5.74) is 5.94. The van der Waals surface area contributed by atoms with E-state index < -0.39 is 0 Å². The summed E-state index contributed by atoms with van der Waals surface area (Å²) in [6.07, 6.45) is 2.06. The standard InChI is InChI=1S/C16H19N3O2/c1-21-13-5-2-4-12(10-13)16-14-6-3-7-18(14)8-9-19(16)15(20)11-17/h2-7,10,16H,8-9,11,17H2,1H3/p+1/t16-/m0/s1. The fourth-order valence-electron chi connectivity index (χ4n) is 2.96. The molecule has 1 aromatic heterocycles. The number of benzene rings is 1. The van der Waals surface area contributed by atoms with Gasteiger partial charge in [0.05, 0.1) is 13.2 Å². The van der Waals surface area contributed by atoms with Crippen molar-refractivity contribution in [2.75, 3.05) is 20.2 Å². The van der Waals surface area contributed by atoms with Crippen LogP contribution < -0.4 is 10.5 Å². The first-order valence-electron chi connectivity index (χ1n) is 7.12. The minimum absolute atomic E-state index is 0.0712. The number of rotatable bonds is 3.